The van der Waals surface area contributed by atoms with Gasteiger partial charge in [0.25, 0.3) is 0 Å². The molecule has 1 aliphatic heterocycles. The van der Waals surface area contributed by atoms with Gasteiger partial charge in [-0.05, 0) is 91.3 Å². The molecule has 2 aromatic rings. The Balaban J connectivity index is 1.64. The van der Waals surface area contributed by atoms with Gasteiger partial charge in [-0.1, -0.05) is 31.5 Å². The van der Waals surface area contributed by atoms with Crippen LogP contribution in [0.15, 0.2) is 36.4 Å². The number of rotatable bonds is 6. The number of nitrogens with zero attached hydrogens (tertiary/aromatic N) is 1. The van der Waals surface area contributed by atoms with Crippen LogP contribution in [-0.4, -0.2) is 37.4 Å². The summed E-state index contributed by atoms with van der Waals surface area (Å²) >= 11 is 6.27. The van der Waals surface area contributed by atoms with Crippen molar-refractivity contribution < 1.29 is 19.4 Å². The third-order valence-corrected chi connectivity index (χ3v) is 7.26. The molecule has 34 heavy (non-hydrogen) atoms. The molecule has 0 bridgehead atoms. The van der Waals surface area contributed by atoms with E-state index in [1.165, 1.54) is 5.56 Å². The molecule has 5 nitrogen and oxygen atoms in total. The molecule has 1 saturated carbocycles. The van der Waals surface area contributed by atoms with Gasteiger partial charge in [0, 0.05) is 24.7 Å². The smallest absolute Gasteiger partial charge is 0.338 e. The number of anilines is 1. The number of hydrogen-bond acceptors (Lipinski definition) is 5. The zero-order valence-electron chi connectivity index (χ0n) is 20.3. The fraction of sp³-hybridized carbons (Fsp3) is 0.536. The van der Waals surface area contributed by atoms with Crippen LogP contribution in [0.2, 0.25) is 5.02 Å². The first-order valence-corrected chi connectivity index (χ1v) is 12.9. The van der Waals surface area contributed by atoms with Gasteiger partial charge in [-0.15, -0.1) is 0 Å². The Hall–Kier alpha value is -2.24. The molecule has 1 heterocycles. The second-order valence-corrected chi connectivity index (χ2v) is 10.5. The molecule has 0 spiro atoms. The van der Waals surface area contributed by atoms with Gasteiger partial charge < -0.3 is 19.5 Å². The Morgan fingerprint density at radius 3 is 2.71 bits per heavy atom. The van der Waals surface area contributed by atoms with Crippen molar-refractivity contribution in [3.63, 3.8) is 0 Å². The van der Waals surface area contributed by atoms with Crippen LogP contribution >= 0.6 is 11.6 Å². The minimum Gasteiger partial charge on any atom is -0.487 e. The zero-order valence-corrected chi connectivity index (χ0v) is 21.0. The highest BCUT2D eigenvalue weighted by molar-refractivity contribution is 6.30. The first-order valence-electron chi connectivity index (χ1n) is 12.5. The van der Waals surface area contributed by atoms with E-state index in [9.17, 15) is 9.90 Å². The Morgan fingerprint density at radius 1 is 1.15 bits per heavy atom. The molecule has 0 amide bonds. The van der Waals surface area contributed by atoms with Gasteiger partial charge in [0.1, 0.15) is 12.4 Å². The van der Waals surface area contributed by atoms with Crippen LogP contribution in [0.25, 0.3) is 0 Å². The van der Waals surface area contributed by atoms with Crippen molar-refractivity contribution in [1.29, 1.82) is 0 Å². The normalized spacial score (nSPS) is 20.4. The molecule has 1 fully saturated rings. The minimum absolute atomic E-state index is 0.236. The molecule has 1 aliphatic carbocycles. The predicted octanol–water partition coefficient (Wildman–Crippen LogP) is 5.89. The number of hydrogen-bond donors (Lipinski definition) is 1. The highest BCUT2D eigenvalue weighted by Gasteiger charge is 2.32. The number of aliphatic hydroxyl groups is 1. The predicted molar refractivity (Wildman–Crippen MR) is 136 cm³/mol. The van der Waals surface area contributed by atoms with E-state index in [-0.39, 0.29) is 18.5 Å². The molecular weight excluding hydrogens is 450 g/mol. The van der Waals surface area contributed by atoms with Crippen LogP contribution < -0.4 is 9.64 Å². The third kappa shape index (κ3) is 6.05. The van der Waals surface area contributed by atoms with Gasteiger partial charge in [-0.3, -0.25) is 0 Å². The van der Waals surface area contributed by atoms with Crippen LogP contribution in [0.3, 0.4) is 0 Å². The molecule has 0 aromatic heterocycles. The lowest BCUT2D eigenvalue weighted by Crippen LogP contribution is -2.40. The van der Waals surface area contributed by atoms with Gasteiger partial charge in [0.05, 0.1) is 17.9 Å². The minimum atomic E-state index is -0.303. The zero-order chi connectivity index (χ0) is 24.1. The molecule has 6 heteroatoms. The summed E-state index contributed by atoms with van der Waals surface area (Å²) in [4.78, 5) is 15.1. The average Bonchev–Trinajstić information content (AvgIpc) is 2.83. The maximum absolute atomic E-state index is 12.7. The summed E-state index contributed by atoms with van der Waals surface area (Å²) < 4.78 is 11.8. The SMILES string of the molecule is CC(C)COC(=O)c1ccc2c(c1)N(C[C@@H]1CC[C@H]1CO)CCCCc1cc(Cl)ccc1CO2. The topological polar surface area (TPSA) is 59.0 Å². The number of carbonyl (C=O) groups is 1. The highest BCUT2D eigenvalue weighted by atomic mass is 35.5. The first kappa shape index (κ1) is 24.9. The molecule has 2 aromatic carbocycles. The Bertz CT molecular complexity index is 990. The maximum atomic E-state index is 12.7. The molecule has 4 rings (SSSR count). The van der Waals surface area contributed by atoms with E-state index >= 15 is 0 Å². The molecule has 0 unspecified atom stereocenters. The van der Waals surface area contributed by atoms with Crippen molar-refractivity contribution in [1.82, 2.24) is 0 Å². The summed E-state index contributed by atoms with van der Waals surface area (Å²) in [7, 11) is 0. The first-order chi connectivity index (χ1) is 16.4. The fourth-order valence-electron chi connectivity index (χ4n) is 4.79. The Kier molecular flexibility index (Phi) is 8.38. The lowest BCUT2D eigenvalue weighted by molar-refractivity contribution is 0.0459. The van der Waals surface area contributed by atoms with Crippen molar-refractivity contribution in [3.05, 3.63) is 58.1 Å². The van der Waals surface area contributed by atoms with Crippen molar-refractivity contribution in [2.45, 2.75) is 52.6 Å². The monoisotopic (exact) mass is 485 g/mol. The summed E-state index contributed by atoms with van der Waals surface area (Å²) in [6.07, 6.45) is 5.22. The van der Waals surface area contributed by atoms with Crippen molar-refractivity contribution >= 4 is 23.3 Å². The van der Waals surface area contributed by atoms with E-state index in [1.807, 2.05) is 44.2 Å². The Morgan fingerprint density at radius 2 is 1.97 bits per heavy atom. The number of aryl methyl sites for hydroxylation is 1. The van der Waals surface area contributed by atoms with Crippen molar-refractivity contribution in [3.8, 4) is 5.75 Å². The standard InChI is InChI=1S/C28H36ClNO4/c1-19(2)17-34-28(32)21-9-11-27-26(14-21)30(15-22-6-7-23(22)16-31)12-4-3-5-20-13-25(29)10-8-24(20)18-33-27/h8-11,13-14,19,22-23,31H,3-7,12,15-18H2,1-2H3/t22-,23-/m0/s1. The van der Waals surface area contributed by atoms with E-state index in [4.69, 9.17) is 21.1 Å². The number of fused-ring (bicyclic) bond motifs is 2. The van der Waals surface area contributed by atoms with Crippen molar-refractivity contribution in [2.75, 3.05) is 31.2 Å². The second-order valence-electron chi connectivity index (χ2n) is 10.1. The molecule has 2 aliphatic rings. The van der Waals surface area contributed by atoms with Gasteiger partial charge in [0.15, 0.2) is 0 Å². The average molecular weight is 486 g/mol. The molecular formula is C28H36ClNO4. The largest absolute Gasteiger partial charge is 0.487 e. The van der Waals surface area contributed by atoms with E-state index in [2.05, 4.69) is 4.90 Å². The van der Waals surface area contributed by atoms with Crippen LogP contribution in [0.4, 0.5) is 5.69 Å². The molecule has 184 valence electrons. The van der Waals surface area contributed by atoms with E-state index < -0.39 is 0 Å². The summed E-state index contributed by atoms with van der Waals surface area (Å²) in [6, 6.07) is 11.6. The lowest BCUT2D eigenvalue weighted by atomic mass is 9.74. The van der Waals surface area contributed by atoms with Crippen LogP contribution in [0.1, 0.15) is 61.0 Å². The summed E-state index contributed by atoms with van der Waals surface area (Å²) in [5.41, 5.74) is 3.85. The molecule has 1 N–H and O–H groups in total. The maximum Gasteiger partial charge on any atom is 0.338 e. The van der Waals surface area contributed by atoms with Gasteiger partial charge in [0.2, 0.25) is 0 Å². The molecule has 2 atom stereocenters. The molecule has 0 saturated heterocycles. The van der Waals surface area contributed by atoms with Crippen LogP contribution in [-0.2, 0) is 17.8 Å². The van der Waals surface area contributed by atoms with Gasteiger partial charge >= 0.3 is 5.97 Å². The van der Waals surface area contributed by atoms with E-state index in [1.54, 1.807) is 6.07 Å². The second kappa shape index (κ2) is 11.5. The number of ether oxygens (including phenoxy) is 2. The number of esters is 1. The number of benzene rings is 2. The van der Waals surface area contributed by atoms with Crippen molar-refractivity contribution in [2.24, 2.45) is 17.8 Å². The third-order valence-electron chi connectivity index (χ3n) is 7.02. The molecule has 0 radical (unpaired) electrons. The van der Waals surface area contributed by atoms with Gasteiger partial charge in [-0.2, -0.15) is 0 Å². The van der Waals surface area contributed by atoms with Crippen LogP contribution in [0, 0.1) is 17.8 Å². The lowest BCUT2D eigenvalue weighted by Gasteiger charge is -2.40. The quantitative estimate of drug-likeness (QED) is 0.517. The number of carbonyl (C=O) groups excluding carboxylic acids is 1. The summed E-state index contributed by atoms with van der Waals surface area (Å²) in [5, 5.41) is 10.5. The van der Waals surface area contributed by atoms with E-state index in [0.29, 0.717) is 30.6 Å². The summed E-state index contributed by atoms with van der Waals surface area (Å²) in [5.74, 6) is 1.56. The number of aliphatic hydroxyl groups excluding tert-OH is 1. The van der Waals surface area contributed by atoms with Gasteiger partial charge in [-0.25, -0.2) is 4.79 Å². The van der Waals surface area contributed by atoms with Crippen LogP contribution in [0.5, 0.6) is 5.75 Å². The van der Waals surface area contributed by atoms with E-state index in [0.717, 1.165) is 67.2 Å². The Labute approximate surface area is 208 Å². The fourth-order valence-corrected chi connectivity index (χ4v) is 4.99. The summed E-state index contributed by atoms with van der Waals surface area (Å²) in [6.45, 7) is 6.86. The highest BCUT2D eigenvalue weighted by Crippen LogP contribution is 2.38. The number of halogens is 1.